The fraction of sp³-hybridized carbons (Fsp3) is 0.688. The van der Waals surface area contributed by atoms with Crippen molar-refractivity contribution < 1.29 is 34.2 Å². The number of amides is 3. The Bertz CT molecular complexity index is 565. The van der Waals surface area contributed by atoms with Gasteiger partial charge in [-0.2, -0.15) is 0 Å². The molecule has 0 aliphatic heterocycles. The maximum Gasteiger partial charge on any atom is 0.326 e. The van der Waals surface area contributed by atoms with Crippen LogP contribution in [0.2, 0.25) is 0 Å². The Morgan fingerprint density at radius 3 is 1.85 bits per heavy atom. The van der Waals surface area contributed by atoms with Crippen LogP contribution in [-0.2, 0) is 24.0 Å². The minimum Gasteiger partial charge on any atom is -0.481 e. The fourth-order valence-corrected chi connectivity index (χ4v) is 2.25. The summed E-state index contributed by atoms with van der Waals surface area (Å²) in [5.41, 5.74) is 10.8. The van der Waals surface area contributed by atoms with Crippen LogP contribution in [0.15, 0.2) is 0 Å². The lowest BCUT2D eigenvalue weighted by Crippen LogP contribution is -2.54. The van der Waals surface area contributed by atoms with Crippen molar-refractivity contribution >= 4 is 29.7 Å². The second-order valence-electron chi connectivity index (χ2n) is 6.63. The van der Waals surface area contributed by atoms with E-state index in [9.17, 15) is 24.0 Å². The molecule has 11 heteroatoms. The van der Waals surface area contributed by atoms with E-state index in [2.05, 4.69) is 10.6 Å². The zero-order chi connectivity index (χ0) is 21.1. The van der Waals surface area contributed by atoms with E-state index >= 15 is 0 Å². The van der Waals surface area contributed by atoms with Crippen molar-refractivity contribution in [2.75, 3.05) is 0 Å². The van der Waals surface area contributed by atoms with Crippen molar-refractivity contribution in [3.05, 3.63) is 0 Å². The summed E-state index contributed by atoms with van der Waals surface area (Å²) in [7, 11) is 0. The Balaban J connectivity index is 5.09. The number of carbonyl (C=O) groups excluding carboxylic acids is 3. The second kappa shape index (κ2) is 11.8. The molecule has 0 fully saturated rings. The van der Waals surface area contributed by atoms with Crippen LogP contribution in [0.25, 0.3) is 0 Å². The molecule has 0 saturated carbocycles. The topological polar surface area (TPSA) is 202 Å². The lowest BCUT2D eigenvalue weighted by atomic mass is 10.0. The highest BCUT2D eigenvalue weighted by atomic mass is 16.4. The number of carboxylic acids is 2. The SMILES string of the molecule is CC(C)CC(N)C(=O)NC(CCC(N)=O)C(=O)NC(CCC(=O)O)C(=O)O. The number of carbonyl (C=O) groups is 5. The molecule has 0 aliphatic carbocycles. The van der Waals surface area contributed by atoms with Gasteiger partial charge >= 0.3 is 11.9 Å². The summed E-state index contributed by atoms with van der Waals surface area (Å²) >= 11 is 0. The predicted octanol–water partition coefficient (Wildman–Crippen LogP) is -1.46. The maximum absolute atomic E-state index is 12.4. The van der Waals surface area contributed by atoms with E-state index in [1.807, 2.05) is 13.8 Å². The molecule has 0 radical (unpaired) electrons. The minimum absolute atomic E-state index is 0.135. The van der Waals surface area contributed by atoms with Crippen LogP contribution < -0.4 is 22.1 Å². The summed E-state index contributed by atoms with van der Waals surface area (Å²) in [6, 6.07) is -3.56. The highest BCUT2D eigenvalue weighted by Gasteiger charge is 2.28. The Labute approximate surface area is 156 Å². The number of nitrogens with one attached hydrogen (secondary N) is 2. The molecular formula is C16H28N4O7. The van der Waals surface area contributed by atoms with Gasteiger partial charge in [0.05, 0.1) is 6.04 Å². The van der Waals surface area contributed by atoms with Gasteiger partial charge in [-0.15, -0.1) is 0 Å². The molecule has 0 aromatic rings. The molecule has 27 heavy (non-hydrogen) atoms. The first-order valence-electron chi connectivity index (χ1n) is 8.53. The van der Waals surface area contributed by atoms with E-state index in [1.54, 1.807) is 0 Å². The van der Waals surface area contributed by atoms with Crippen LogP contribution in [0.4, 0.5) is 0 Å². The van der Waals surface area contributed by atoms with Gasteiger partial charge in [0, 0.05) is 12.8 Å². The number of carboxylic acid groups (broad SMARTS) is 2. The maximum atomic E-state index is 12.4. The van der Waals surface area contributed by atoms with Crippen molar-refractivity contribution in [3.8, 4) is 0 Å². The van der Waals surface area contributed by atoms with E-state index in [4.69, 9.17) is 21.7 Å². The molecule has 0 rings (SSSR count). The van der Waals surface area contributed by atoms with E-state index in [0.29, 0.717) is 6.42 Å². The average molecular weight is 388 g/mol. The van der Waals surface area contributed by atoms with Crippen molar-refractivity contribution in [1.29, 1.82) is 0 Å². The summed E-state index contributed by atoms with van der Waals surface area (Å²) in [4.78, 5) is 57.3. The van der Waals surface area contributed by atoms with Crippen LogP contribution >= 0.6 is 0 Å². The molecule has 3 amide bonds. The summed E-state index contributed by atoms with van der Waals surface area (Å²) in [6.07, 6.45) is -0.793. The summed E-state index contributed by atoms with van der Waals surface area (Å²) < 4.78 is 0. The summed E-state index contributed by atoms with van der Waals surface area (Å²) in [5, 5.41) is 22.3. The van der Waals surface area contributed by atoms with E-state index in [1.165, 1.54) is 0 Å². The Morgan fingerprint density at radius 2 is 1.41 bits per heavy atom. The van der Waals surface area contributed by atoms with E-state index < -0.39 is 54.2 Å². The van der Waals surface area contributed by atoms with Gasteiger partial charge in [0.25, 0.3) is 0 Å². The Hall–Kier alpha value is -2.69. The van der Waals surface area contributed by atoms with Crippen molar-refractivity contribution in [2.24, 2.45) is 17.4 Å². The first-order chi connectivity index (χ1) is 12.4. The molecule has 3 unspecified atom stereocenters. The van der Waals surface area contributed by atoms with Crippen LogP contribution in [-0.4, -0.2) is 58.0 Å². The third-order valence-electron chi connectivity index (χ3n) is 3.64. The van der Waals surface area contributed by atoms with Crippen molar-refractivity contribution in [1.82, 2.24) is 10.6 Å². The predicted molar refractivity (Wildman–Crippen MR) is 94.2 cm³/mol. The number of nitrogens with two attached hydrogens (primary N) is 2. The lowest BCUT2D eigenvalue weighted by Gasteiger charge is -2.23. The Kier molecular flexibility index (Phi) is 10.7. The van der Waals surface area contributed by atoms with Gasteiger partial charge in [-0.1, -0.05) is 13.8 Å². The smallest absolute Gasteiger partial charge is 0.326 e. The number of primary amides is 1. The number of hydrogen-bond donors (Lipinski definition) is 6. The van der Waals surface area contributed by atoms with Gasteiger partial charge in [0.1, 0.15) is 12.1 Å². The molecule has 0 aromatic carbocycles. The molecule has 0 aliphatic rings. The number of hydrogen-bond acceptors (Lipinski definition) is 6. The van der Waals surface area contributed by atoms with Crippen molar-refractivity contribution in [3.63, 3.8) is 0 Å². The Morgan fingerprint density at radius 1 is 0.889 bits per heavy atom. The number of aliphatic carboxylic acids is 2. The standard InChI is InChI=1S/C16H28N4O7/c1-8(2)7-9(17)14(24)19-10(3-5-12(18)21)15(25)20-11(16(26)27)4-6-13(22)23/h8-11H,3-7,17H2,1-2H3,(H2,18,21)(H,19,24)(H,20,25)(H,22,23)(H,26,27). The molecule has 8 N–H and O–H groups in total. The van der Waals surface area contributed by atoms with Crippen LogP contribution in [0, 0.1) is 5.92 Å². The van der Waals surface area contributed by atoms with Crippen molar-refractivity contribution in [2.45, 2.75) is 64.1 Å². The molecule has 0 bridgehead atoms. The summed E-state index contributed by atoms with van der Waals surface area (Å²) in [5.74, 6) is -4.68. The molecule has 0 aromatic heterocycles. The van der Waals surface area contributed by atoms with Crippen LogP contribution in [0.5, 0.6) is 0 Å². The zero-order valence-corrected chi connectivity index (χ0v) is 15.4. The normalized spacial score (nSPS) is 14.1. The molecule has 0 saturated heterocycles. The molecule has 0 heterocycles. The van der Waals surface area contributed by atoms with Gasteiger partial charge in [0.15, 0.2) is 0 Å². The number of rotatable bonds is 13. The third kappa shape index (κ3) is 10.8. The molecule has 11 nitrogen and oxygen atoms in total. The molecule has 0 spiro atoms. The van der Waals surface area contributed by atoms with E-state index in [-0.39, 0.29) is 25.2 Å². The molecule has 154 valence electrons. The first kappa shape index (κ1) is 24.3. The van der Waals surface area contributed by atoms with Gasteiger partial charge < -0.3 is 32.3 Å². The largest absolute Gasteiger partial charge is 0.481 e. The third-order valence-corrected chi connectivity index (χ3v) is 3.64. The summed E-state index contributed by atoms with van der Waals surface area (Å²) in [6.45, 7) is 3.73. The molecule has 3 atom stereocenters. The minimum atomic E-state index is -1.45. The zero-order valence-electron chi connectivity index (χ0n) is 15.4. The van der Waals surface area contributed by atoms with Gasteiger partial charge in [-0.25, -0.2) is 4.79 Å². The van der Waals surface area contributed by atoms with E-state index in [0.717, 1.165) is 0 Å². The fourth-order valence-electron chi connectivity index (χ4n) is 2.25. The highest BCUT2D eigenvalue weighted by molar-refractivity contribution is 5.92. The quantitative estimate of drug-likeness (QED) is 0.220. The average Bonchev–Trinajstić information content (AvgIpc) is 2.53. The van der Waals surface area contributed by atoms with Gasteiger partial charge in [0.2, 0.25) is 17.7 Å². The van der Waals surface area contributed by atoms with Crippen LogP contribution in [0.3, 0.4) is 0 Å². The highest BCUT2D eigenvalue weighted by Crippen LogP contribution is 2.06. The monoisotopic (exact) mass is 388 g/mol. The van der Waals surface area contributed by atoms with Gasteiger partial charge in [-0.05, 0) is 25.2 Å². The second-order valence-corrected chi connectivity index (χ2v) is 6.63. The molecular weight excluding hydrogens is 360 g/mol. The lowest BCUT2D eigenvalue weighted by molar-refractivity contribution is -0.143. The van der Waals surface area contributed by atoms with Crippen LogP contribution in [0.1, 0.15) is 46.0 Å². The van der Waals surface area contributed by atoms with Gasteiger partial charge in [-0.3, -0.25) is 19.2 Å². The first-order valence-corrected chi connectivity index (χ1v) is 8.53.